The summed E-state index contributed by atoms with van der Waals surface area (Å²) >= 11 is 0. The van der Waals surface area contributed by atoms with Gasteiger partial charge in [-0.3, -0.25) is 24.1 Å². The highest BCUT2D eigenvalue weighted by molar-refractivity contribution is 6.03. The van der Waals surface area contributed by atoms with Crippen LogP contribution in [0.5, 0.6) is 0 Å². The lowest BCUT2D eigenvalue weighted by Crippen LogP contribution is -2.39. The molecule has 2 fully saturated rings. The Morgan fingerprint density at radius 2 is 1.54 bits per heavy atom. The maximum atomic E-state index is 12.7. The van der Waals surface area contributed by atoms with Gasteiger partial charge in [0, 0.05) is 38.4 Å². The highest BCUT2D eigenvalue weighted by atomic mass is 16.2. The molecular formula is C28H49N3O4. The summed E-state index contributed by atoms with van der Waals surface area (Å²) in [5, 5.41) is 6.04. The largest absolute Gasteiger partial charge is 0.356 e. The quantitative estimate of drug-likeness (QED) is 0.330. The molecule has 200 valence electrons. The van der Waals surface area contributed by atoms with E-state index in [1.54, 1.807) is 0 Å². The van der Waals surface area contributed by atoms with E-state index in [0.29, 0.717) is 31.8 Å². The molecule has 7 heteroatoms. The van der Waals surface area contributed by atoms with Crippen LogP contribution >= 0.6 is 0 Å². The van der Waals surface area contributed by atoms with Crippen molar-refractivity contribution in [1.82, 2.24) is 15.5 Å². The summed E-state index contributed by atoms with van der Waals surface area (Å²) < 4.78 is 0. The number of unbranched alkanes of at least 4 members (excludes halogenated alkanes) is 2. The number of nitrogens with zero attached hydrogens (tertiary/aromatic N) is 1. The van der Waals surface area contributed by atoms with Gasteiger partial charge in [-0.1, -0.05) is 48.0 Å². The summed E-state index contributed by atoms with van der Waals surface area (Å²) in [6.07, 6.45) is 7.85. The zero-order valence-electron chi connectivity index (χ0n) is 23.0. The van der Waals surface area contributed by atoms with Crippen LogP contribution in [0.1, 0.15) is 106 Å². The summed E-state index contributed by atoms with van der Waals surface area (Å²) in [5.74, 6) is 0.250. The van der Waals surface area contributed by atoms with Crippen LogP contribution in [0.25, 0.3) is 0 Å². The molecule has 1 aliphatic heterocycles. The van der Waals surface area contributed by atoms with E-state index in [1.165, 1.54) is 4.90 Å². The summed E-state index contributed by atoms with van der Waals surface area (Å²) in [6, 6.07) is 0. The van der Waals surface area contributed by atoms with Gasteiger partial charge in [0.25, 0.3) is 0 Å². The molecule has 1 aliphatic carbocycles. The highest BCUT2D eigenvalue weighted by Crippen LogP contribution is 2.37. The molecule has 35 heavy (non-hydrogen) atoms. The second-order valence-electron chi connectivity index (χ2n) is 12.9. The number of carbonyl (C=O) groups is 4. The summed E-state index contributed by atoms with van der Waals surface area (Å²) in [5.41, 5.74) is 0.0299. The molecule has 0 radical (unpaired) electrons. The number of carbonyl (C=O) groups excluding carboxylic acids is 4. The summed E-state index contributed by atoms with van der Waals surface area (Å²) in [4.78, 5) is 51.1. The molecule has 1 heterocycles. The first kappa shape index (κ1) is 29.3. The van der Waals surface area contributed by atoms with E-state index in [4.69, 9.17) is 0 Å². The molecule has 4 amide bonds. The first-order chi connectivity index (χ1) is 16.3. The Hall–Kier alpha value is -1.92. The predicted molar refractivity (Wildman–Crippen MR) is 138 cm³/mol. The fourth-order valence-electron chi connectivity index (χ4n) is 5.03. The molecule has 0 aromatic heterocycles. The smallest absolute Gasteiger partial charge is 0.233 e. The molecule has 2 rings (SSSR count). The SMILES string of the molecule is CC(C)(C)CCNC(=O)CCCCCNC(=O)C1CCC(CN2C(=O)CC(C(C)(C)C)C2=O)CC1. The Morgan fingerprint density at radius 3 is 2.11 bits per heavy atom. The fraction of sp³-hybridized carbons (Fsp3) is 0.857. The highest BCUT2D eigenvalue weighted by Gasteiger charge is 2.45. The van der Waals surface area contributed by atoms with E-state index < -0.39 is 0 Å². The molecular weight excluding hydrogens is 442 g/mol. The number of likely N-dealkylation sites (tertiary alicyclic amines) is 1. The van der Waals surface area contributed by atoms with E-state index in [0.717, 1.165) is 57.9 Å². The third kappa shape index (κ3) is 9.92. The minimum absolute atomic E-state index is 0.0205. The third-order valence-corrected chi connectivity index (χ3v) is 7.52. The van der Waals surface area contributed by atoms with Gasteiger partial charge in [-0.15, -0.1) is 0 Å². The molecule has 0 aromatic rings. The molecule has 0 spiro atoms. The second-order valence-corrected chi connectivity index (χ2v) is 12.9. The van der Waals surface area contributed by atoms with Gasteiger partial charge >= 0.3 is 0 Å². The van der Waals surface area contributed by atoms with Crippen molar-refractivity contribution in [2.24, 2.45) is 28.6 Å². The van der Waals surface area contributed by atoms with Crippen LogP contribution in [0.4, 0.5) is 0 Å². The van der Waals surface area contributed by atoms with E-state index in [1.807, 2.05) is 20.8 Å². The van der Waals surface area contributed by atoms with E-state index in [9.17, 15) is 19.2 Å². The summed E-state index contributed by atoms with van der Waals surface area (Å²) in [7, 11) is 0. The van der Waals surface area contributed by atoms with Crippen molar-refractivity contribution >= 4 is 23.6 Å². The molecule has 2 N–H and O–H groups in total. The van der Waals surface area contributed by atoms with Gasteiger partial charge in [0.2, 0.25) is 23.6 Å². The lowest BCUT2D eigenvalue weighted by molar-refractivity contribution is -0.141. The fourth-order valence-corrected chi connectivity index (χ4v) is 5.03. The Bertz CT molecular complexity index is 742. The average Bonchev–Trinajstić information content (AvgIpc) is 3.04. The lowest BCUT2D eigenvalue weighted by atomic mass is 9.79. The van der Waals surface area contributed by atoms with Gasteiger partial charge in [-0.25, -0.2) is 0 Å². The normalized spacial score (nSPS) is 23.5. The molecule has 0 bridgehead atoms. The molecule has 1 unspecified atom stereocenters. The van der Waals surface area contributed by atoms with E-state index in [-0.39, 0.29) is 46.3 Å². The molecule has 2 aliphatic rings. The Morgan fingerprint density at radius 1 is 0.886 bits per heavy atom. The number of imide groups is 1. The molecule has 1 atom stereocenters. The van der Waals surface area contributed by atoms with Crippen LogP contribution in [-0.2, 0) is 19.2 Å². The van der Waals surface area contributed by atoms with Crippen molar-refractivity contribution in [2.75, 3.05) is 19.6 Å². The molecule has 1 saturated carbocycles. The van der Waals surface area contributed by atoms with Crippen molar-refractivity contribution < 1.29 is 19.2 Å². The second kappa shape index (κ2) is 12.9. The Balaban J connectivity index is 1.57. The van der Waals surface area contributed by atoms with Crippen LogP contribution < -0.4 is 10.6 Å². The van der Waals surface area contributed by atoms with Crippen LogP contribution in [-0.4, -0.2) is 48.2 Å². The first-order valence-corrected chi connectivity index (χ1v) is 13.7. The molecule has 7 nitrogen and oxygen atoms in total. The zero-order valence-corrected chi connectivity index (χ0v) is 23.0. The minimum atomic E-state index is -0.222. The Labute approximate surface area is 212 Å². The number of nitrogens with one attached hydrogen (secondary N) is 2. The maximum absolute atomic E-state index is 12.7. The summed E-state index contributed by atoms with van der Waals surface area (Å²) in [6.45, 7) is 14.4. The minimum Gasteiger partial charge on any atom is -0.356 e. The number of rotatable bonds is 11. The van der Waals surface area contributed by atoms with Crippen molar-refractivity contribution in [2.45, 2.75) is 106 Å². The van der Waals surface area contributed by atoms with Crippen molar-refractivity contribution in [3.63, 3.8) is 0 Å². The lowest BCUT2D eigenvalue weighted by Gasteiger charge is -2.31. The van der Waals surface area contributed by atoms with Crippen molar-refractivity contribution in [3.8, 4) is 0 Å². The Kier molecular flexibility index (Phi) is 10.8. The standard InChI is InChI=1S/C28H49N3O4/c1-27(2,3)15-17-29-23(32)10-8-7-9-16-30-25(34)21-13-11-20(12-14-21)19-31-24(33)18-22(26(31)35)28(4,5)6/h20-22H,7-19H2,1-6H3,(H,29,32)(H,30,34). The van der Waals surface area contributed by atoms with Gasteiger partial charge in [-0.05, 0) is 61.7 Å². The predicted octanol–water partition coefficient (Wildman–Crippen LogP) is 4.44. The van der Waals surface area contributed by atoms with Gasteiger partial charge in [0.05, 0.1) is 5.92 Å². The maximum Gasteiger partial charge on any atom is 0.233 e. The monoisotopic (exact) mass is 491 g/mol. The van der Waals surface area contributed by atoms with E-state index >= 15 is 0 Å². The van der Waals surface area contributed by atoms with Crippen LogP contribution in [0, 0.1) is 28.6 Å². The van der Waals surface area contributed by atoms with Crippen molar-refractivity contribution in [3.05, 3.63) is 0 Å². The first-order valence-electron chi connectivity index (χ1n) is 13.7. The van der Waals surface area contributed by atoms with E-state index in [2.05, 4.69) is 31.4 Å². The number of amides is 4. The molecule has 1 saturated heterocycles. The van der Waals surface area contributed by atoms with Crippen LogP contribution in [0.3, 0.4) is 0 Å². The number of hydrogen-bond acceptors (Lipinski definition) is 4. The van der Waals surface area contributed by atoms with Gasteiger partial charge in [0.1, 0.15) is 0 Å². The van der Waals surface area contributed by atoms with Crippen molar-refractivity contribution in [1.29, 1.82) is 0 Å². The van der Waals surface area contributed by atoms with Gasteiger partial charge in [-0.2, -0.15) is 0 Å². The third-order valence-electron chi connectivity index (χ3n) is 7.52. The average molecular weight is 492 g/mol. The van der Waals surface area contributed by atoms with Crippen LogP contribution in [0.15, 0.2) is 0 Å². The number of hydrogen-bond donors (Lipinski definition) is 2. The van der Waals surface area contributed by atoms with Gasteiger partial charge in [0.15, 0.2) is 0 Å². The molecule has 0 aromatic carbocycles. The topological polar surface area (TPSA) is 95.6 Å². The van der Waals surface area contributed by atoms with Crippen LogP contribution in [0.2, 0.25) is 0 Å². The van der Waals surface area contributed by atoms with Gasteiger partial charge < -0.3 is 10.6 Å². The zero-order chi connectivity index (χ0) is 26.2.